The number of benzene rings is 4. The van der Waals surface area contributed by atoms with Crippen molar-refractivity contribution >= 4 is 39.2 Å². The van der Waals surface area contributed by atoms with Crippen LogP contribution in [0.25, 0.3) is 0 Å². The molecule has 4 aromatic carbocycles. The van der Waals surface area contributed by atoms with Crippen molar-refractivity contribution in [3.05, 3.63) is 103 Å². The second kappa shape index (κ2) is 14.9. The van der Waals surface area contributed by atoms with Crippen LogP contribution in [0.4, 0.5) is 26.7 Å². The lowest BCUT2D eigenvalue weighted by molar-refractivity contribution is -0.0934. The lowest BCUT2D eigenvalue weighted by atomic mass is 10.2. The minimum atomic E-state index is -4.08. The van der Waals surface area contributed by atoms with Gasteiger partial charge in [-0.25, -0.2) is 14.7 Å². The molecule has 0 unspecified atom stereocenters. The fraction of sp³-hybridized carbons (Fsp3) is 0.161. The zero-order valence-electron chi connectivity index (χ0n) is 24.0. The molecule has 0 aliphatic rings. The van der Waals surface area contributed by atoms with E-state index >= 15 is 0 Å². The molecule has 4 rings (SSSR count). The Hall–Kier alpha value is -5.11. The van der Waals surface area contributed by atoms with Gasteiger partial charge in [0.1, 0.15) is 23.0 Å². The van der Waals surface area contributed by atoms with Crippen molar-refractivity contribution < 1.29 is 36.9 Å². The summed E-state index contributed by atoms with van der Waals surface area (Å²) in [6.07, 6.45) is 0.0348. The topological polar surface area (TPSA) is 156 Å². The summed E-state index contributed by atoms with van der Waals surface area (Å²) in [7, 11) is -2.70. The molecule has 0 atom stereocenters. The summed E-state index contributed by atoms with van der Waals surface area (Å²) in [5.74, 6) is 1.98. The van der Waals surface area contributed by atoms with Crippen LogP contribution in [0, 0.1) is 6.92 Å². The number of nitrogens with zero attached hydrogens (tertiary/aromatic N) is 1. The predicted molar refractivity (Wildman–Crippen MR) is 167 cm³/mol. The van der Waals surface area contributed by atoms with Crippen molar-refractivity contribution in [2.75, 3.05) is 35.4 Å². The van der Waals surface area contributed by atoms with E-state index in [1.54, 1.807) is 72.8 Å². The maximum Gasteiger partial charge on any atom is 0.345 e. The number of amides is 4. The molecule has 0 aliphatic heterocycles. The molecule has 0 saturated heterocycles. The Bertz CT molecular complexity index is 1650. The Labute approximate surface area is 255 Å². The van der Waals surface area contributed by atoms with Crippen LogP contribution < -0.4 is 25.4 Å². The van der Waals surface area contributed by atoms with E-state index in [0.717, 1.165) is 16.4 Å². The third-order valence-corrected chi connectivity index (χ3v) is 6.74. The molecule has 0 aliphatic carbocycles. The summed E-state index contributed by atoms with van der Waals surface area (Å²) in [6.45, 7) is 1.95. The zero-order valence-corrected chi connectivity index (χ0v) is 24.8. The van der Waals surface area contributed by atoms with Crippen LogP contribution in [0.1, 0.15) is 12.0 Å². The predicted octanol–water partition coefficient (Wildman–Crippen LogP) is 6.90. The van der Waals surface area contributed by atoms with Gasteiger partial charge in [-0.05, 0) is 98.3 Å². The van der Waals surface area contributed by atoms with Crippen molar-refractivity contribution in [3.8, 4) is 23.0 Å². The van der Waals surface area contributed by atoms with Gasteiger partial charge in [-0.15, -0.1) is 0 Å². The van der Waals surface area contributed by atoms with Gasteiger partial charge < -0.3 is 25.4 Å². The van der Waals surface area contributed by atoms with E-state index in [4.69, 9.17) is 18.9 Å². The first kappa shape index (κ1) is 31.8. The van der Waals surface area contributed by atoms with Crippen LogP contribution in [0.5, 0.6) is 23.0 Å². The number of anilines is 3. The Morgan fingerprint density at radius 2 is 1.07 bits per heavy atom. The third kappa shape index (κ3) is 10.6. The van der Waals surface area contributed by atoms with Crippen LogP contribution in [-0.2, 0) is 15.0 Å². The smallest absolute Gasteiger partial charge is 0.345 e. The number of nitrogens with one attached hydrogen (secondary N) is 3. The number of urea groups is 2. The fourth-order valence-corrected chi connectivity index (χ4v) is 4.18. The van der Waals surface area contributed by atoms with E-state index in [1.807, 2.05) is 31.2 Å². The standard InChI is InChI=1S/C31H32N4O8S/c1-22-4-12-26(13-5-22)42-27-14-6-23(7-15-27)32-30(36)33-24-8-16-28(17-9-24)43-29-18-10-25(11-19-29)34-31(37)35(2)41-20-3-21-44(38,39)40/h4-19H,3,20-21H2,1-2H3,(H,34,37)(H2,32,33,36)(H,38,39,40). The minimum absolute atomic E-state index is 0.0348. The van der Waals surface area contributed by atoms with Gasteiger partial charge in [-0.2, -0.15) is 8.42 Å². The number of hydrogen-bond acceptors (Lipinski definition) is 7. The molecule has 4 aromatic rings. The molecule has 13 heteroatoms. The molecule has 0 aromatic heterocycles. The molecule has 12 nitrogen and oxygen atoms in total. The van der Waals surface area contributed by atoms with Gasteiger partial charge >= 0.3 is 12.1 Å². The van der Waals surface area contributed by atoms with Gasteiger partial charge in [0.15, 0.2) is 0 Å². The first-order valence-corrected chi connectivity index (χ1v) is 15.1. The zero-order chi connectivity index (χ0) is 31.5. The molecule has 0 bridgehead atoms. The molecular formula is C31H32N4O8S. The highest BCUT2D eigenvalue weighted by atomic mass is 32.2. The van der Waals surface area contributed by atoms with Crippen molar-refractivity contribution in [3.63, 3.8) is 0 Å². The third-order valence-electron chi connectivity index (χ3n) is 5.94. The first-order valence-electron chi connectivity index (χ1n) is 13.5. The van der Waals surface area contributed by atoms with Crippen molar-refractivity contribution in [2.45, 2.75) is 13.3 Å². The van der Waals surface area contributed by atoms with Crippen molar-refractivity contribution in [2.24, 2.45) is 0 Å². The molecule has 4 amide bonds. The first-order chi connectivity index (χ1) is 21.0. The van der Waals surface area contributed by atoms with Crippen LogP contribution in [0.3, 0.4) is 0 Å². The number of rotatable bonds is 12. The molecule has 230 valence electrons. The molecule has 0 heterocycles. The average molecular weight is 621 g/mol. The maximum absolute atomic E-state index is 12.5. The van der Waals surface area contributed by atoms with Crippen LogP contribution in [0.2, 0.25) is 0 Å². The summed E-state index contributed by atoms with van der Waals surface area (Å²) >= 11 is 0. The number of carbonyl (C=O) groups is 2. The highest BCUT2D eigenvalue weighted by Crippen LogP contribution is 2.26. The van der Waals surface area contributed by atoms with Gasteiger partial charge in [-0.1, -0.05) is 17.7 Å². The Kier molecular flexibility index (Phi) is 10.8. The van der Waals surface area contributed by atoms with Crippen LogP contribution in [0.15, 0.2) is 97.1 Å². The highest BCUT2D eigenvalue weighted by molar-refractivity contribution is 7.85. The second-order valence-corrected chi connectivity index (χ2v) is 11.1. The van der Waals surface area contributed by atoms with Crippen molar-refractivity contribution in [1.29, 1.82) is 0 Å². The SMILES string of the molecule is Cc1ccc(Oc2ccc(NC(=O)Nc3ccc(Oc4ccc(NC(=O)N(C)OCCCS(=O)(=O)O)cc4)cc3)cc2)cc1. The number of hydrogen-bond donors (Lipinski definition) is 4. The average Bonchev–Trinajstić information content (AvgIpc) is 2.99. The van der Waals surface area contributed by atoms with E-state index in [-0.39, 0.29) is 13.0 Å². The Morgan fingerprint density at radius 3 is 1.48 bits per heavy atom. The molecule has 0 fully saturated rings. The molecular weight excluding hydrogens is 588 g/mol. The van der Waals surface area contributed by atoms with Gasteiger partial charge in [0.05, 0.1) is 12.4 Å². The summed E-state index contributed by atoms with van der Waals surface area (Å²) in [6, 6.07) is 27.2. The van der Waals surface area contributed by atoms with Crippen molar-refractivity contribution in [1.82, 2.24) is 5.06 Å². The number of ether oxygens (including phenoxy) is 2. The normalized spacial score (nSPS) is 10.9. The number of carbonyl (C=O) groups excluding carboxylic acids is 2. The van der Waals surface area contributed by atoms with E-state index in [1.165, 1.54) is 7.05 Å². The van der Waals surface area contributed by atoms with Gasteiger partial charge in [-0.3, -0.25) is 9.39 Å². The Morgan fingerprint density at radius 1 is 0.682 bits per heavy atom. The van der Waals surface area contributed by atoms with Gasteiger partial charge in [0, 0.05) is 24.1 Å². The van der Waals surface area contributed by atoms with E-state index in [9.17, 15) is 18.0 Å². The van der Waals surface area contributed by atoms with Gasteiger partial charge in [0.25, 0.3) is 10.1 Å². The molecule has 44 heavy (non-hydrogen) atoms. The number of aryl methyl sites for hydroxylation is 1. The molecule has 0 saturated carbocycles. The lowest BCUT2D eigenvalue weighted by Gasteiger charge is -2.17. The van der Waals surface area contributed by atoms with Crippen LogP contribution in [-0.4, -0.2) is 49.5 Å². The summed E-state index contributed by atoms with van der Waals surface area (Å²) < 4.78 is 41.8. The molecule has 0 spiro atoms. The maximum atomic E-state index is 12.5. The summed E-state index contributed by atoms with van der Waals surface area (Å²) in [5.41, 5.74) is 2.80. The summed E-state index contributed by atoms with van der Waals surface area (Å²) in [4.78, 5) is 29.8. The Balaban J connectivity index is 1.20. The second-order valence-electron chi connectivity index (χ2n) is 9.57. The largest absolute Gasteiger partial charge is 0.457 e. The number of hydroxylamine groups is 2. The summed E-state index contributed by atoms with van der Waals surface area (Å²) in [5, 5.41) is 9.11. The monoisotopic (exact) mass is 620 g/mol. The van der Waals surface area contributed by atoms with E-state index in [0.29, 0.717) is 34.3 Å². The van der Waals surface area contributed by atoms with Crippen LogP contribution >= 0.6 is 0 Å². The quantitative estimate of drug-likeness (QED) is 0.0757. The van der Waals surface area contributed by atoms with E-state index in [2.05, 4.69) is 16.0 Å². The highest BCUT2D eigenvalue weighted by Gasteiger charge is 2.11. The van der Waals surface area contributed by atoms with E-state index < -0.39 is 27.9 Å². The fourth-order valence-electron chi connectivity index (χ4n) is 3.69. The minimum Gasteiger partial charge on any atom is -0.457 e. The van der Waals surface area contributed by atoms with Gasteiger partial charge in [0.2, 0.25) is 0 Å². The lowest BCUT2D eigenvalue weighted by Crippen LogP contribution is -2.32. The molecule has 0 radical (unpaired) electrons. The molecule has 4 N–H and O–H groups in total.